The van der Waals surface area contributed by atoms with E-state index in [2.05, 4.69) is 9.88 Å². The molecule has 3 heterocycles. The Morgan fingerprint density at radius 3 is 2.75 bits per heavy atom. The molecule has 106 valence electrons. The van der Waals surface area contributed by atoms with E-state index in [0.29, 0.717) is 5.92 Å². The van der Waals surface area contributed by atoms with Crippen molar-refractivity contribution >= 4 is 0 Å². The van der Waals surface area contributed by atoms with Crippen molar-refractivity contribution in [1.82, 2.24) is 9.88 Å². The van der Waals surface area contributed by atoms with E-state index in [4.69, 9.17) is 4.42 Å². The van der Waals surface area contributed by atoms with Crippen LogP contribution in [-0.4, -0.2) is 28.1 Å². The standard InChI is InChI=1S/C16H20N2O2/c19-16(15-5-1-2-8-17-15)13-6-9-18(10-7-13)12-14-4-3-11-20-14/h1-5,8,11,13,16,19H,6-7,9-10,12H2/t16-/m1/s1. The zero-order valence-corrected chi connectivity index (χ0v) is 11.5. The lowest BCUT2D eigenvalue weighted by Gasteiger charge is -2.33. The maximum absolute atomic E-state index is 10.4. The fraction of sp³-hybridized carbons (Fsp3) is 0.438. The van der Waals surface area contributed by atoms with Crippen LogP contribution < -0.4 is 0 Å². The Hall–Kier alpha value is -1.65. The Morgan fingerprint density at radius 1 is 1.25 bits per heavy atom. The number of pyridine rings is 1. The lowest BCUT2D eigenvalue weighted by Crippen LogP contribution is -2.35. The number of likely N-dealkylation sites (tertiary alicyclic amines) is 1. The molecule has 1 fully saturated rings. The van der Waals surface area contributed by atoms with Crippen LogP contribution in [0.2, 0.25) is 0 Å². The fourth-order valence-electron chi connectivity index (χ4n) is 2.84. The number of rotatable bonds is 4. The minimum Gasteiger partial charge on any atom is -0.468 e. The first-order valence-electron chi connectivity index (χ1n) is 7.16. The van der Waals surface area contributed by atoms with Crippen LogP contribution in [-0.2, 0) is 6.54 Å². The highest BCUT2D eigenvalue weighted by molar-refractivity contribution is 5.08. The summed E-state index contributed by atoms with van der Waals surface area (Å²) in [7, 11) is 0. The van der Waals surface area contributed by atoms with Crippen molar-refractivity contribution in [3.63, 3.8) is 0 Å². The Bertz CT molecular complexity index is 505. The maximum atomic E-state index is 10.4. The second kappa shape index (κ2) is 6.20. The van der Waals surface area contributed by atoms with Crippen molar-refractivity contribution in [2.75, 3.05) is 13.1 Å². The molecule has 1 N–H and O–H groups in total. The highest BCUT2D eigenvalue weighted by Gasteiger charge is 2.27. The molecule has 1 saturated heterocycles. The second-order valence-electron chi connectivity index (χ2n) is 5.39. The summed E-state index contributed by atoms with van der Waals surface area (Å²) in [6.45, 7) is 2.85. The predicted molar refractivity (Wildman–Crippen MR) is 75.9 cm³/mol. The lowest BCUT2D eigenvalue weighted by atomic mass is 9.89. The number of aliphatic hydroxyl groups excluding tert-OH is 1. The van der Waals surface area contributed by atoms with Gasteiger partial charge in [-0.15, -0.1) is 0 Å². The zero-order valence-electron chi connectivity index (χ0n) is 11.5. The maximum Gasteiger partial charge on any atom is 0.117 e. The molecular formula is C16H20N2O2. The van der Waals surface area contributed by atoms with Crippen LogP contribution in [0.25, 0.3) is 0 Å². The minimum atomic E-state index is -0.443. The van der Waals surface area contributed by atoms with Gasteiger partial charge in [-0.05, 0) is 56.1 Å². The van der Waals surface area contributed by atoms with Crippen LogP contribution in [0.3, 0.4) is 0 Å². The van der Waals surface area contributed by atoms with Gasteiger partial charge < -0.3 is 9.52 Å². The van der Waals surface area contributed by atoms with E-state index in [9.17, 15) is 5.11 Å². The summed E-state index contributed by atoms with van der Waals surface area (Å²) >= 11 is 0. The van der Waals surface area contributed by atoms with Crippen molar-refractivity contribution in [1.29, 1.82) is 0 Å². The zero-order chi connectivity index (χ0) is 13.8. The van der Waals surface area contributed by atoms with E-state index >= 15 is 0 Å². The lowest BCUT2D eigenvalue weighted by molar-refractivity contribution is 0.0522. The molecule has 0 saturated carbocycles. The van der Waals surface area contributed by atoms with Crippen LogP contribution in [0.5, 0.6) is 0 Å². The van der Waals surface area contributed by atoms with Crippen LogP contribution in [0.15, 0.2) is 47.2 Å². The Morgan fingerprint density at radius 2 is 2.10 bits per heavy atom. The van der Waals surface area contributed by atoms with Crippen LogP contribution in [0.1, 0.15) is 30.4 Å². The summed E-state index contributed by atoms with van der Waals surface area (Å²) in [5, 5.41) is 10.4. The third kappa shape index (κ3) is 3.08. The molecule has 0 radical (unpaired) electrons. The number of furan rings is 1. The molecule has 0 aromatic carbocycles. The van der Waals surface area contributed by atoms with Crippen molar-refractivity contribution in [3.05, 3.63) is 54.2 Å². The van der Waals surface area contributed by atoms with Gasteiger partial charge in [0.05, 0.1) is 24.6 Å². The first-order chi connectivity index (χ1) is 9.83. The van der Waals surface area contributed by atoms with E-state index in [0.717, 1.165) is 43.9 Å². The van der Waals surface area contributed by atoms with E-state index < -0.39 is 6.10 Å². The highest BCUT2D eigenvalue weighted by atomic mass is 16.3. The molecule has 0 spiro atoms. The Balaban J connectivity index is 1.53. The smallest absolute Gasteiger partial charge is 0.117 e. The topological polar surface area (TPSA) is 49.5 Å². The van der Waals surface area contributed by atoms with Crippen molar-refractivity contribution in [2.24, 2.45) is 5.92 Å². The third-order valence-electron chi connectivity index (χ3n) is 4.03. The first kappa shape index (κ1) is 13.3. The molecule has 0 amide bonds. The normalized spacial score (nSPS) is 19.1. The van der Waals surface area contributed by atoms with Crippen molar-refractivity contribution in [3.8, 4) is 0 Å². The summed E-state index contributed by atoms with van der Waals surface area (Å²) in [4.78, 5) is 6.63. The minimum absolute atomic E-state index is 0.303. The van der Waals surface area contributed by atoms with Crippen LogP contribution in [0.4, 0.5) is 0 Å². The van der Waals surface area contributed by atoms with E-state index in [1.54, 1.807) is 12.5 Å². The second-order valence-corrected chi connectivity index (χ2v) is 5.39. The average molecular weight is 272 g/mol. The molecule has 0 bridgehead atoms. The Kier molecular flexibility index (Phi) is 4.14. The summed E-state index contributed by atoms with van der Waals surface area (Å²) in [6, 6.07) is 9.64. The molecule has 4 heteroatoms. The average Bonchev–Trinajstić information content (AvgIpc) is 3.01. The van der Waals surface area contributed by atoms with Gasteiger partial charge in [0, 0.05) is 6.20 Å². The molecule has 2 aromatic heterocycles. The Labute approximate surface area is 119 Å². The van der Waals surface area contributed by atoms with Crippen LogP contribution >= 0.6 is 0 Å². The molecule has 3 rings (SSSR count). The summed E-state index contributed by atoms with van der Waals surface area (Å²) in [5.74, 6) is 1.31. The van der Waals surface area contributed by atoms with Gasteiger partial charge in [0.25, 0.3) is 0 Å². The van der Waals surface area contributed by atoms with Gasteiger partial charge in [-0.2, -0.15) is 0 Å². The molecule has 4 nitrogen and oxygen atoms in total. The quantitative estimate of drug-likeness (QED) is 0.929. The molecule has 0 aliphatic carbocycles. The molecule has 1 atom stereocenters. The monoisotopic (exact) mass is 272 g/mol. The van der Waals surface area contributed by atoms with Gasteiger partial charge >= 0.3 is 0 Å². The summed E-state index contributed by atoms with van der Waals surface area (Å²) in [5.41, 5.74) is 0.789. The van der Waals surface area contributed by atoms with E-state index in [1.165, 1.54) is 0 Å². The number of hydrogen-bond donors (Lipinski definition) is 1. The third-order valence-corrected chi connectivity index (χ3v) is 4.03. The molecule has 1 aliphatic rings. The van der Waals surface area contributed by atoms with Gasteiger partial charge in [0.2, 0.25) is 0 Å². The number of hydrogen-bond acceptors (Lipinski definition) is 4. The summed E-state index contributed by atoms with van der Waals surface area (Å²) < 4.78 is 5.38. The van der Waals surface area contributed by atoms with Gasteiger partial charge in [-0.25, -0.2) is 0 Å². The molecule has 20 heavy (non-hydrogen) atoms. The molecule has 2 aromatic rings. The van der Waals surface area contributed by atoms with Crippen molar-refractivity contribution < 1.29 is 9.52 Å². The number of piperidine rings is 1. The first-order valence-corrected chi connectivity index (χ1v) is 7.16. The number of aliphatic hydroxyl groups is 1. The van der Waals surface area contributed by atoms with Crippen LogP contribution in [0, 0.1) is 5.92 Å². The number of aromatic nitrogens is 1. The van der Waals surface area contributed by atoms with E-state index in [1.807, 2.05) is 30.3 Å². The van der Waals surface area contributed by atoms with Gasteiger partial charge in [0.1, 0.15) is 5.76 Å². The molecule has 1 aliphatic heterocycles. The van der Waals surface area contributed by atoms with Gasteiger partial charge in [-0.1, -0.05) is 6.07 Å². The predicted octanol–water partition coefficient (Wildman–Crippen LogP) is 2.62. The SMILES string of the molecule is O[C@@H](c1ccccn1)C1CCN(Cc2ccco2)CC1. The highest BCUT2D eigenvalue weighted by Crippen LogP contribution is 2.30. The fourth-order valence-corrected chi connectivity index (χ4v) is 2.84. The van der Waals surface area contributed by atoms with Gasteiger partial charge in [-0.3, -0.25) is 9.88 Å². The van der Waals surface area contributed by atoms with Crippen molar-refractivity contribution in [2.45, 2.75) is 25.5 Å². The van der Waals surface area contributed by atoms with E-state index in [-0.39, 0.29) is 0 Å². The molecular weight excluding hydrogens is 252 g/mol. The summed E-state index contributed by atoms with van der Waals surface area (Å²) in [6.07, 6.45) is 5.01. The molecule has 0 unspecified atom stereocenters. The van der Waals surface area contributed by atoms with Gasteiger partial charge in [0.15, 0.2) is 0 Å². The number of nitrogens with zero attached hydrogens (tertiary/aromatic N) is 2. The largest absolute Gasteiger partial charge is 0.468 e.